The van der Waals surface area contributed by atoms with Crippen molar-refractivity contribution in [3.63, 3.8) is 0 Å². The van der Waals surface area contributed by atoms with Gasteiger partial charge in [0, 0.05) is 12.8 Å². The topological polar surface area (TPSA) is 78.9 Å². The van der Waals surface area contributed by atoms with E-state index in [-0.39, 0.29) is 31.6 Å². The molecule has 6 heteroatoms. The Morgan fingerprint density at radius 2 is 0.531 bits per heavy atom. The minimum Gasteiger partial charge on any atom is -0.462 e. The maximum atomic E-state index is 12.9. The fourth-order valence-corrected chi connectivity index (χ4v) is 9.38. The van der Waals surface area contributed by atoms with Gasteiger partial charge in [-0.2, -0.15) is 0 Å². The third-order valence-corrected chi connectivity index (χ3v) is 14.5. The van der Waals surface area contributed by atoms with Gasteiger partial charge in [-0.1, -0.05) is 303 Å². The van der Waals surface area contributed by atoms with Crippen molar-refractivity contribution in [3.8, 4) is 0 Å². The van der Waals surface area contributed by atoms with Gasteiger partial charge in [0.2, 0.25) is 0 Å². The highest BCUT2D eigenvalue weighted by atomic mass is 16.6. The Kier molecular flexibility index (Phi) is 64.8. The molecule has 1 atom stereocenters. The SMILES string of the molecule is CC/C=C\C/C=C\C/C=C\C/C=C\C/C=C\CC(=O)OCC(COC(=O)CCCCCCCCCCCCCCCC/C=C\C/C=C\C/C=C\CCCCCCC)OC(=O)CCCCCCCCCCC/C=C\C/C=C\CCCCC. The van der Waals surface area contributed by atoms with Gasteiger partial charge in [-0.05, 0) is 116 Å². The van der Waals surface area contributed by atoms with E-state index < -0.39 is 12.1 Å². The van der Waals surface area contributed by atoms with Crippen molar-refractivity contribution in [1.29, 1.82) is 0 Å². The van der Waals surface area contributed by atoms with Crippen molar-refractivity contribution in [3.05, 3.63) is 122 Å². The van der Waals surface area contributed by atoms with Gasteiger partial charge < -0.3 is 14.2 Å². The van der Waals surface area contributed by atoms with Crippen LogP contribution in [0.1, 0.15) is 316 Å². The van der Waals surface area contributed by atoms with Gasteiger partial charge in [0.05, 0.1) is 6.42 Å². The summed E-state index contributed by atoms with van der Waals surface area (Å²) in [6, 6.07) is 0. The lowest BCUT2D eigenvalue weighted by molar-refractivity contribution is -0.166. The van der Waals surface area contributed by atoms with E-state index in [9.17, 15) is 14.4 Å². The molecule has 0 aromatic carbocycles. The van der Waals surface area contributed by atoms with E-state index in [1.54, 1.807) is 6.08 Å². The molecule has 0 aliphatic heterocycles. The van der Waals surface area contributed by atoms with Crippen molar-refractivity contribution in [2.24, 2.45) is 0 Å². The van der Waals surface area contributed by atoms with E-state index in [0.717, 1.165) is 89.9 Å². The fraction of sp³-hybridized carbons (Fsp3) is 0.693. The van der Waals surface area contributed by atoms with Crippen molar-refractivity contribution >= 4 is 17.9 Å². The van der Waals surface area contributed by atoms with E-state index in [4.69, 9.17) is 14.2 Å². The van der Waals surface area contributed by atoms with Crippen LogP contribution in [0, 0.1) is 0 Å². The van der Waals surface area contributed by atoms with Gasteiger partial charge in [0.25, 0.3) is 0 Å². The van der Waals surface area contributed by atoms with Crippen LogP contribution in [-0.2, 0) is 28.6 Å². The number of allylic oxidation sites excluding steroid dienone is 19. The van der Waals surface area contributed by atoms with Crippen LogP contribution in [0.4, 0.5) is 0 Å². The zero-order valence-corrected chi connectivity index (χ0v) is 53.0. The molecular weight excluding hydrogens is 997 g/mol. The summed E-state index contributed by atoms with van der Waals surface area (Å²) in [4.78, 5) is 38.3. The molecule has 6 nitrogen and oxygen atoms in total. The van der Waals surface area contributed by atoms with Gasteiger partial charge in [-0.25, -0.2) is 0 Å². The van der Waals surface area contributed by atoms with Crippen LogP contribution in [0.15, 0.2) is 122 Å². The van der Waals surface area contributed by atoms with Crippen LogP contribution in [-0.4, -0.2) is 37.2 Å². The molecule has 0 saturated heterocycles. The Morgan fingerprint density at radius 3 is 0.889 bits per heavy atom. The maximum Gasteiger partial charge on any atom is 0.309 e. The molecule has 0 amide bonds. The summed E-state index contributed by atoms with van der Waals surface area (Å²) in [6.45, 7) is 6.42. The highest BCUT2D eigenvalue weighted by molar-refractivity contribution is 5.72. The van der Waals surface area contributed by atoms with Crippen LogP contribution in [0.2, 0.25) is 0 Å². The first-order valence-electron chi connectivity index (χ1n) is 34.0. The molecule has 0 bridgehead atoms. The number of carbonyl (C=O) groups is 3. The molecule has 0 N–H and O–H groups in total. The Bertz CT molecular complexity index is 1670. The van der Waals surface area contributed by atoms with E-state index in [1.165, 1.54) is 186 Å². The molecule has 0 aliphatic rings. The van der Waals surface area contributed by atoms with Gasteiger partial charge in [0.1, 0.15) is 13.2 Å². The van der Waals surface area contributed by atoms with Crippen LogP contribution in [0.25, 0.3) is 0 Å². The normalized spacial score (nSPS) is 12.9. The Labute approximate surface area is 501 Å². The highest BCUT2D eigenvalue weighted by Gasteiger charge is 2.19. The lowest BCUT2D eigenvalue weighted by Gasteiger charge is -2.18. The lowest BCUT2D eigenvalue weighted by Crippen LogP contribution is -2.30. The van der Waals surface area contributed by atoms with Crippen molar-refractivity contribution in [2.45, 2.75) is 322 Å². The van der Waals surface area contributed by atoms with Crippen molar-refractivity contribution < 1.29 is 28.6 Å². The first kappa shape index (κ1) is 76.8. The molecule has 0 heterocycles. The van der Waals surface area contributed by atoms with Gasteiger partial charge in [-0.3, -0.25) is 14.4 Å². The summed E-state index contributed by atoms with van der Waals surface area (Å²) in [5.41, 5.74) is 0. The summed E-state index contributed by atoms with van der Waals surface area (Å²) >= 11 is 0. The standard InChI is InChI=1S/C75H126O6/c1-4-7-10-13-16-19-22-25-28-30-32-33-34-35-36-37-38-39-40-41-43-44-47-50-53-56-59-62-65-68-74(77)80-71-72(70-79-73(76)67-64-61-58-55-52-49-46-27-24-21-18-15-12-9-6-3)81-75(78)69-66-63-60-57-54-51-48-45-42-31-29-26-23-20-17-14-11-8-5-2/h9,12,17-18,20-22,25-27,29-30,32,34-35,46,52,55,61,64,72H,4-8,10-11,13-16,19,23-24,28,31,33,36-45,47-51,53-54,56-60,62-63,65-71H2,1-3H3/b12-9-,20-17-,21-18-,25-22-,29-26-,32-30-,35-34-,46-27-,55-52-,64-61-. The van der Waals surface area contributed by atoms with Crippen LogP contribution in [0.5, 0.6) is 0 Å². The van der Waals surface area contributed by atoms with Crippen LogP contribution >= 0.6 is 0 Å². The number of hydrogen-bond acceptors (Lipinski definition) is 6. The second-order valence-corrected chi connectivity index (χ2v) is 22.4. The summed E-state index contributed by atoms with van der Waals surface area (Å²) < 4.78 is 16.8. The molecule has 0 fully saturated rings. The van der Waals surface area contributed by atoms with Gasteiger partial charge in [0.15, 0.2) is 6.10 Å². The molecule has 0 saturated carbocycles. The molecule has 0 aromatic heterocycles. The number of ether oxygens (including phenoxy) is 3. The molecule has 0 radical (unpaired) electrons. The number of esters is 3. The Hall–Kier alpha value is -4.19. The summed E-state index contributed by atoms with van der Waals surface area (Å²) in [6.07, 6.45) is 95.3. The largest absolute Gasteiger partial charge is 0.462 e. The molecule has 0 rings (SSSR count). The lowest BCUT2D eigenvalue weighted by atomic mass is 10.0. The molecule has 0 spiro atoms. The molecule has 1 unspecified atom stereocenters. The minimum absolute atomic E-state index is 0.111. The van der Waals surface area contributed by atoms with Crippen LogP contribution < -0.4 is 0 Å². The van der Waals surface area contributed by atoms with E-state index >= 15 is 0 Å². The number of hydrogen-bond donors (Lipinski definition) is 0. The number of carbonyl (C=O) groups excluding carboxylic acids is 3. The predicted molar refractivity (Wildman–Crippen MR) is 353 cm³/mol. The second kappa shape index (κ2) is 68.3. The first-order chi connectivity index (χ1) is 40.0. The zero-order chi connectivity index (χ0) is 58.5. The smallest absolute Gasteiger partial charge is 0.309 e. The zero-order valence-electron chi connectivity index (χ0n) is 53.0. The summed E-state index contributed by atoms with van der Waals surface area (Å²) in [5, 5.41) is 0. The Morgan fingerprint density at radius 1 is 0.272 bits per heavy atom. The third kappa shape index (κ3) is 66.5. The summed E-state index contributed by atoms with van der Waals surface area (Å²) in [5.74, 6) is -1.04. The van der Waals surface area contributed by atoms with E-state index in [1.807, 2.05) is 6.08 Å². The Balaban J connectivity index is 4.35. The van der Waals surface area contributed by atoms with Crippen LogP contribution in [0.3, 0.4) is 0 Å². The third-order valence-electron chi connectivity index (χ3n) is 14.5. The minimum atomic E-state index is -0.825. The number of rotatable bonds is 61. The van der Waals surface area contributed by atoms with Gasteiger partial charge >= 0.3 is 17.9 Å². The average molecular weight is 1120 g/mol. The first-order valence-corrected chi connectivity index (χ1v) is 34.0. The fourth-order valence-electron chi connectivity index (χ4n) is 9.38. The quantitative estimate of drug-likeness (QED) is 0.0261. The van der Waals surface area contributed by atoms with Crippen molar-refractivity contribution in [2.75, 3.05) is 13.2 Å². The molecule has 0 aliphatic carbocycles. The summed E-state index contributed by atoms with van der Waals surface area (Å²) in [7, 11) is 0. The van der Waals surface area contributed by atoms with Gasteiger partial charge in [-0.15, -0.1) is 0 Å². The monoisotopic (exact) mass is 1120 g/mol. The molecular formula is C75H126O6. The van der Waals surface area contributed by atoms with E-state index in [2.05, 4.69) is 130 Å². The molecule has 462 valence electrons. The van der Waals surface area contributed by atoms with E-state index in [0.29, 0.717) is 12.8 Å². The highest BCUT2D eigenvalue weighted by Crippen LogP contribution is 2.16. The second-order valence-electron chi connectivity index (χ2n) is 22.4. The predicted octanol–water partition coefficient (Wildman–Crippen LogP) is 23.6. The molecule has 81 heavy (non-hydrogen) atoms. The maximum absolute atomic E-state index is 12.9. The molecule has 0 aromatic rings. The average Bonchev–Trinajstić information content (AvgIpc) is 3.47. The number of unbranched alkanes of at least 4 members (excludes halogenated alkanes) is 31. The van der Waals surface area contributed by atoms with Crippen molar-refractivity contribution in [1.82, 2.24) is 0 Å².